The van der Waals surface area contributed by atoms with E-state index in [0.717, 1.165) is 5.57 Å². The van der Waals surface area contributed by atoms with E-state index in [4.69, 9.17) is 4.74 Å². The molecule has 0 spiro atoms. The van der Waals surface area contributed by atoms with Gasteiger partial charge in [-0.1, -0.05) is 19.3 Å². The Morgan fingerprint density at radius 2 is 2.00 bits per heavy atom. The third-order valence-electron chi connectivity index (χ3n) is 3.12. The van der Waals surface area contributed by atoms with Gasteiger partial charge in [0.05, 0.1) is 0 Å². The minimum absolute atomic E-state index is 0.104. The average molecular weight is 180 g/mol. The molecule has 2 aliphatic rings. The lowest BCUT2D eigenvalue weighted by Gasteiger charge is -2.27. The normalized spacial score (nSPS) is 30.1. The van der Waals surface area contributed by atoms with Gasteiger partial charge in [0.15, 0.2) is 0 Å². The molecule has 2 nitrogen and oxygen atoms in total. The zero-order chi connectivity index (χ0) is 9.26. The summed E-state index contributed by atoms with van der Waals surface area (Å²) in [6, 6.07) is 0. The van der Waals surface area contributed by atoms with Crippen LogP contribution in [0.25, 0.3) is 0 Å². The van der Waals surface area contributed by atoms with Gasteiger partial charge in [0.2, 0.25) is 0 Å². The molecule has 1 fully saturated rings. The fraction of sp³-hybridized carbons (Fsp3) is 0.727. The van der Waals surface area contributed by atoms with E-state index < -0.39 is 0 Å². The van der Waals surface area contributed by atoms with Crippen LogP contribution >= 0.6 is 0 Å². The summed E-state index contributed by atoms with van der Waals surface area (Å²) in [4.78, 5) is 11.0. The Kier molecular flexibility index (Phi) is 2.38. The minimum atomic E-state index is -0.145. The van der Waals surface area contributed by atoms with Crippen LogP contribution in [-0.2, 0) is 9.53 Å². The number of cyclic esters (lactones) is 1. The average Bonchev–Trinajstić information content (AvgIpc) is 2.47. The molecular formula is C11H16O2. The number of esters is 1. The number of hydrogen-bond donors (Lipinski definition) is 0. The summed E-state index contributed by atoms with van der Waals surface area (Å²) in [5, 5.41) is 0. The van der Waals surface area contributed by atoms with Crippen molar-refractivity contribution in [2.24, 2.45) is 5.92 Å². The van der Waals surface area contributed by atoms with Crippen LogP contribution < -0.4 is 0 Å². The van der Waals surface area contributed by atoms with Gasteiger partial charge in [-0.2, -0.15) is 0 Å². The van der Waals surface area contributed by atoms with Gasteiger partial charge in [0.25, 0.3) is 0 Å². The molecule has 1 heterocycles. The maximum atomic E-state index is 11.0. The fourth-order valence-corrected chi connectivity index (χ4v) is 2.43. The van der Waals surface area contributed by atoms with Gasteiger partial charge < -0.3 is 4.74 Å². The highest BCUT2D eigenvalue weighted by atomic mass is 16.5. The molecule has 0 bridgehead atoms. The van der Waals surface area contributed by atoms with Gasteiger partial charge in [0.1, 0.15) is 6.10 Å². The zero-order valence-corrected chi connectivity index (χ0v) is 8.08. The van der Waals surface area contributed by atoms with E-state index in [0.29, 0.717) is 5.92 Å². The SMILES string of the molecule is CC1=CC(=O)OC1C1CCCCC1. The number of carbonyl (C=O) groups is 1. The second-order valence-corrected chi connectivity index (χ2v) is 4.14. The lowest BCUT2D eigenvalue weighted by molar-refractivity contribution is -0.141. The van der Waals surface area contributed by atoms with Crippen molar-refractivity contribution in [1.29, 1.82) is 0 Å². The quantitative estimate of drug-likeness (QED) is 0.579. The molecule has 0 radical (unpaired) electrons. The third kappa shape index (κ3) is 1.77. The summed E-state index contributed by atoms with van der Waals surface area (Å²) in [6.07, 6.45) is 8.14. The number of ether oxygens (including phenoxy) is 1. The summed E-state index contributed by atoms with van der Waals surface area (Å²) in [7, 11) is 0. The fourth-order valence-electron chi connectivity index (χ4n) is 2.43. The molecule has 0 amide bonds. The molecule has 1 atom stereocenters. The Hall–Kier alpha value is -0.790. The zero-order valence-electron chi connectivity index (χ0n) is 8.08. The van der Waals surface area contributed by atoms with Crippen molar-refractivity contribution < 1.29 is 9.53 Å². The van der Waals surface area contributed by atoms with E-state index in [1.165, 1.54) is 32.1 Å². The van der Waals surface area contributed by atoms with Crippen molar-refractivity contribution in [1.82, 2.24) is 0 Å². The summed E-state index contributed by atoms with van der Waals surface area (Å²) in [6.45, 7) is 2.00. The first kappa shape index (κ1) is 8.79. The molecule has 1 unspecified atom stereocenters. The first-order chi connectivity index (χ1) is 6.27. The number of rotatable bonds is 1. The van der Waals surface area contributed by atoms with Gasteiger partial charge in [-0.3, -0.25) is 0 Å². The lowest BCUT2D eigenvalue weighted by Crippen LogP contribution is -2.24. The molecule has 1 saturated carbocycles. The molecule has 72 valence electrons. The molecule has 0 saturated heterocycles. The summed E-state index contributed by atoms with van der Waals surface area (Å²) < 4.78 is 5.28. The lowest BCUT2D eigenvalue weighted by atomic mass is 9.83. The standard InChI is InChI=1S/C11H16O2/c1-8-7-10(12)13-11(8)9-5-3-2-4-6-9/h7,9,11H,2-6H2,1H3. The molecule has 0 aromatic carbocycles. The maximum Gasteiger partial charge on any atom is 0.331 e. The maximum absolute atomic E-state index is 11.0. The number of carbonyl (C=O) groups excluding carboxylic acids is 1. The predicted molar refractivity (Wildman–Crippen MR) is 50.2 cm³/mol. The van der Waals surface area contributed by atoms with E-state index in [2.05, 4.69) is 0 Å². The first-order valence-electron chi connectivity index (χ1n) is 5.16. The molecule has 13 heavy (non-hydrogen) atoms. The predicted octanol–water partition coefficient (Wildman–Crippen LogP) is 2.44. The molecule has 0 N–H and O–H groups in total. The van der Waals surface area contributed by atoms with Crippen LogP contribution in [0.3, 0.4) is 0 Å². The Morgan fingerprint density at radius 3 is 2.54 bits per heavy atom. The van der Waals surface area contributed by atoms with Crippen LogP contribution in [0.5, 0.6) is 0 Å². The smallest absolute Gasteiger partial charge is 0.331 e. The van der Waals surface area contributed by atoms with Gasteiger partial charge in [-0.25, -0.2) is 4.79 Å². The molecule has 1 aliphatic carbocycles. The van der Waals surface area contributed by atoms with Crippen molar-refractivity contribution in [3.63, 3.8) is 0 Å². The van der Waals surface area contributed by atoms with Crippen molar-refractivity contribution in [3.05, 3.63) is 11.6 Å². The highest BCUT2D eigenvalue weighted by Crippen LogP contribution is 2.33. The van der Waals surface area contributed by atoms with Crippen molar-refractivity contribution in [3.8, 4) is 0 Å². The first-order valence-corrected chi connectivity index (χ1v) is 5.16. The van der Waals surface area contributed by atoms with Crippen LogP contribution in [0.1, 0.15) is 39.0 Å². The summed E-state index contributed by atoms with van der Waals surface area (Å²) in [5.41, 5.74) is 1.12. The molecule has 2 rings (SSSR count). The Bertz CT molecular complexity index is 236. The topological polar surface area (TPSA) is 26.3 Å². The highest BCUT2D eigenvalue weighted by Gasteiger charge is 2.31. The van der Waals surface area contributed by atoms with Crippen LogP contribution in [0.2, 0.25) is 0 Å². The highest BCUT2D eigenvalue weighted by molar-refractivity contribution is 5.85. The van der Waals surface area contributed by atoms with Crippen LogP contribution in [0.15, 0.2) is 11.6 Å². The summed E-state index contributed by atoms with van der Waals surface area (Å²) >= 11 is 0. The van der Waals surface area contributed by atoms with Gasteiger partial charge >= 0.3 is 5.97 Å². The molecule has 1 aliphatic heterocycles. The Balaban J connectivity index is 2.00. The monoisotopic (exact) mass is 180 g/mol. The molecule has 0 aromatic heterocycles. The van der Waals surface area contributed by atoms with Crippen molar-refractivity contribution in [2.75, 3.05) is 0 Å². The molecule has 2 heteroatoms. The van der Waals surface area contributed by atoms with E-state index in [9.17, 15) is 4.79 Å². The van der Waals surface area contributed by atoms with Gasteiger partial charge in [0, 0.05) is 6.08 Å². The van der Waals surface area contributed by atoms with Gasteiger partial charge in [-0.05, 0) is 31.3 Å². The van der Waals surface area contributed by atoms with E-state index in [1.54, 1.807) is 6.08 Å². The summed E-state index contributed by atoms with van der Waals surface area (Å²) in [5.74, 6) is 0.449. The minimum Gasteiger partial charge on any atom is -0.454 e. The molecule has 0 aromatic rings. The molecular weight excluding hydrogens is 164 g/mol. The number of hydrogen-bond acceptors (Lipinski definition) is 2. The van der Waals surface area contributed by atoms with E-state index >= 15 is 0 Å². The van der Waals surface area contributed by atoms with Crippen molar-refractivity contribution in [2.45, 2.75) is 45.1 Å². The third-order valence-corrected chi connectivity index (χ3v) is 3.12. The Morgan fingerprint density at radius 1 is 1.31 bits per heavy atom. The van der Waals surface area contributed by atoms with Crippen LogP contribution in [0, 0.1) is 5.92 Å². The Labute approximate surface area is 79.0 Å². The second kappa shape index (κ2) is 3.52. The van der Waals surface area contributed by atoms with Crippen molar-refractivity contribution >= 4 is 5.97 Å². The largest absolute Gasteiger partial charge is 0.454 e. The van der Waals surface area contributed by atoms with Crippen LogP contribution in [-0.4, -0.2) is 12.1 Å². The van der Waals surface area contributed by atoms with Gasteiger partial charge in [-0.15, -0.1) is 0 Å². The van der Waals surface area contributed by atoms with E-state index in [1.807, 2.05) is 6.92 Å². The second-order valence-electron chi connectivity index (χ2n) is 4.14. The van der Waals surface area contributed by atoms with E-state index in [-0.39, 0.29) is 12.1 Å². The van der Waals surface area contributed by atoms with Crippen LogP contribution in [0.4, 0.5) is 0 Å².